The third kappa shape index (κ3) is 5.62. The number of aromatic nitrogens is 1. The van der Waals surface area contributed by atoms with Gasteiger partial charge in [0, 0.05) is 40.8 Å². The lowest BCUT2D eigenvalue weighted by Gasteiger charge is -2.45. The molecule has 5 heteroatoms. The maximum Gasteiger partial charge on any atom is 0.135 e. The SMILES string of the molecule is NC(Nc1ncc(-c2ccccc2)cc1-c1ccccc1)c1ccc(-c2ccc3c(c2)C2(C4=C3NCC=C4)c3ccccc3N(c3ccccc3)c3ccccc32)cc1. The number of anilines is 4. The van der Waals surface area contributed by atoms with Gasteiger partial charge in [-0.15, -0.1) is 0 Å². The lowest BCUT2D eigenvalue weighted by molar-refractivity contribution is 0.741. The molecule has 0 saturated carbocycles. The van der Waals surface area contributed by atoms with Crippen LogP contribution in [-0.4, -0.2) is 11.5 Å². The molecule has 282 valence electrons. The van der Waals surface area contributed by atoms with E-state index < -0.39 is 11.6 Å². The Labute approximate surface area is 344 Å². The van der Waals surface area contributed by atoms with E-state index in [4.69, 9.17) is 10.7 Å². The zero-order valence-corrected chi connectivity index (χ0v) is 32.4. The smallest absolute Gasteiger partial charge is 0.135 e. The summed E-state index contributed by atoms with van der Waals surface area (Å²) in [5.41, 5.74) is 25.0. The number of fused-ring (bicyclic) bond motifs is 8. The largest absolute Gasteiger partial charge is 0.381 e. The second kappa shape index (κ2) is 14.2. The molecule has 1 spiro atoms. The Morgan fingerprint density at radius 2 is 1.15 bits per heavy atom. The van der Waals surface area contributed by atoms with Crippen LogP contribution >= 0.6 is 0 Å². The molecule has 2 aliphatic heterocycles. The topological polar surface area (TPSA) is 66.2 Å². The van der Waals surface area contributed by atoms with E-state index in [1.54, 1.807) is 0 Å². The summed E-state index contributed by atoms with van der Waals surface area (Å²) in [7, 11) is 0. The van der Waals surface area contributed by atoms with Gasteiger partial charge >= 0.3 is 0 Å². The van der Waals surface area contributed by atoms with E-state index in [1.165, 1.54) is 44.9 Å². The highest BCUT2D eigenvalue weighted by Crippen LogP contribution is 2.63. The summed E-state index contributed by atoms with van der Waals surface area (Å²) in [4.78, 5) is 7.33. The molecule has 11 rings (SSSR count). The minimum absolute atomic E-state index is 0.471. The summed E-state index contributed by atoms with van der Waals surface area (Å²) < 4.78 is 0. The van der Waals surface area contributed by atoms with Gasteiger partial charge < -0.3 is 21.3 Å². The fourth-order valence-corrected chi connectivity index (χ4v) is 9.47. The van der Waals surface area contributed by atoms with Crippen LogP contribution in [0.2, 0.25) is 0 Å². The zero-order valence-electron chi connectivity index (χ0n) is 32.4. The molecule has 1 atom stereocenters. The number of nitrogens with two attached hydrogens (primary N) is 1. The maximum absolute atomic E-state index is 6.92. The van der Waals surface area contributed by atoms with Gasteiger partial charge in [0.05, 0.1) is 16.8 Å². The first kappa shape index (κ1) is 34.8. The van der Waals surface area contributed by atoms with Crippen LogP contribution in [0.3, 0.4) is 0 Å². The molecule has 1 unspecified atom stereocenters. The van der Waals surface area contributed by atoms with E-state index in [9.17, 15) is 0 Å². The Bertz CT molecular complexity index is 2870. The Kier molecular flexibility index (Phi) is 8.35. The average Bonchev–Trinajstić information content (AvgIpc) is 3.60. The molecule has 0 radical (unpaired) electrons. The molecule has 1 aromatic heterocycles. The van der Waals surface area contributed by atoms with Gasteiger partial charge in [-0.2, -0.15) is 0 Å². The maximum atomic E-state index is 6.92. The van der Waals surface area contributed by atoms with Crippen LogP contribution in [0.15, 0.2) is 212 Å². The molecular weight excluding hydrogens is 719 g/mol. The van der Waals surface area contributed by atoms with E-state index >= 15 is 0 Å². The van der Waals surface area contributed by atoms with Gasteiger partial charge in [-0.3, -0.25) is 0 Å². The van der Waals surface area contributed by atoms with Crippen LogP contribution in [0.25, 0.3) is 39.1 Å². The Hall–Kier alpha value is -7.47. The van der Waals surface area contributed by atoms with E-state index in [2.05, 4.69) is 204 Å². The van der Waals surface area contributed by atoms with Gasteiger partial charge in [-0.05, 0) is 86.5 Å². The van der Waals surface area contributed by atoms with Crippen LogP contribution in [0.4, 0.5) is 22.9 Å². The number of hydrogen-bond donors (Lipinski definition) is 3. The van der Waals surface area contributed by atoms with E-state index in [-0.39, 0.29) is 0 Å². The fourth-order valence-electron chi connectivity index (χ4n) is 9.47. The third-order valence-electron chi connectivity index (χ3n) is 12.1. The van der Waals surface area contributed by atoms with Crippen LogP contribution in [-0.2, 0) is 5.41 Å². The predicted molar refractivity (Wildman–Crippen MR) is 243 cm³/mol. The summed E-state index contributed by atoms with van der Waals surface area (Å²) in [5.74, 6) is 0.745. The monoisotopic (exact) mass is 759 g/mol. The Morgan fingerprint density at radius 1 is 0.559 bits per heavy atom. The Morgan fingerprint density at radius 3 is 1.85 bits per heavy atom. The Balaban J connectivity index is 0.974. The van der Waals surface area contributed by atoms with Crippen molar-refractivity contribution in [2.24, 2.45) is 5.73 Å². The molecular formula is C54H41N5. The minimum atomic E-state index is -0.519. The highest BCUT2D eigenvalue weighted by atomic mass is 15.2. The number of nitrogens with zero attached hydrogens (tertiary/aromatic N) is 2. The number of hydrogen-bond acceptors (Lipinski definition) is 5. The predicted octanol–water partition coefficient (Wildman–Crippen LogP) is 12.2. The standard InChI is InChI=1S/C54H41N5/c55-52(58-53-44(38-17-6-2-7-18-38)33-41(35-57-53)36-15-4-1-5-16-36)39-28-26-37(27-29-39)40-30-31-43-48(34-40)54(47-23-14-32-56-51(43)47)45-21-10-12-24-49(45)59(42-19-8-3-9-20-42)50-25-13-11-22-46(50)54/h1-31,33-35,52,56H,32,55H2,(H,57,58). The number of allylic oxidation sites excluding steroid dienone is 2. The number of nitrogens with one attached hydrogen (secondary N) is 2. The molecule has 0 fully saturated rings. The lowest BCUT2D eigenvalue weighted by atomic mass is 9.63. The van der Waals surface area contributed by atoms with Gasteiger partial charge in [0.1, 0.15) is 12.0 Å². The van der Waals surface area contributed by atoms with Crippen molar-refractivity contribution in [1.82, 2.24) is 10.3 Å². The highest BCUT2D eigenvalue weighted by molar-refractivity contribution is 5.97. The molecule has 0 bridgehead atoms. The molecule has 3 heterocycles. The summed E-state index contributed by atoms with van der Waals surface area (Å²) in [6.45, 7) is 0.796. The first-order chi connectivity index (χ1) is 29.2. The summed E-state index contributed by atoms with van der Waals surface area (Å²) in [5, 5.41) is 7.33. The van der Waals surface area contributed by atoms with Crippen molar-refractivity contribution < 1.29 is 0 Å². The normalized spacial score (nSPS) is 14.8. The summed E-state index contributed by atoms with van der Waals surface area (Å²) >= 11 is 0. The number of benzene rings is 7. The van der Waals surface area contributed by atoms with Crippen molar-refractivity contribution in [1.29, 1.82) is 0 Å². The first-order valence-electron chi connectivity index (χ1n) is 20.3. The lowest BCUT2D eigenvalue weighted by Crippen LogP contribution is -2.37. The molecule has 0 saturated heterocycles. The van der Waals surface area contributed by atoms with Gasteiger partial charge in [0.2, 0.25) is 0 Å². The number of pyridine rings is 1. The van der Waals surface area contributed by atoms with E-state index in [1.807, 2.05) is 18.3 Å². The fraction of sp³-hybridized carbons (Fsp3) is 0.0556. The van der Waals surface area contributed by atoms with Crippen molar-refractivity contribution in [3.63, 3.8) is 0 Å². The molecule has 7 aromatic carbocycles. The molecule has 5 nitrogen and oxygen atoms in total. The van der Waals surface area contributed by atoms with Gasteiger partial charge in [-0.25, -0.2) is 4.98 Å². The number of dihydropyridines is 1. The van der Waals surface area contributed by atoms with E-state index in [0.29, 0.717) is 0 Å². The third-order valence-corrected chi connectivity index (χ3v) is 12.1. The van der Waals surface area contributed by atoms with Crippen molar-refractivity contribution in [3.8, 4) is 33.4 Å². The second-order valence-corrected chi connectivity index (χ2v) is 15.4. The van der Waals surface area contributed by atoms with Crippen molar-refractivity contribution in [2.75, 3.05) is 16.8 Å². The van der Waals surface area contributed by atoms with Crippen molar-refractivity contribution in [2.45, 2.75) is 11.6 Å². The molecule has 3 aliphatic rings. The van der Waals surface area contributed by atoms with Crippen molar-refractivity contribution >= 4 is 28.6 Å². The van der Waals surface area contributed by atoms with Gasteiger partial charge in [0.15, 0.2) is 0 Å². The average molecular weight is 760 g/mol. The first-order valence-corrected chi connectivity index (χ1v) is 20.3. The van der Waals surface area contributed by atoms with Crippen molar-refractivity contribution in [3.05, 3.63) is 240 Å². The molecule has 8 aromatic rings. The van der Waals surface area contributed by atoms with Gasteiger partial charge in [0.25, 0.3) is 0 Å². The minimum Gasteiger partial charge on any atom is -0.381 e. The van der Waals surface area contributed by atoms with Crippen LogP contribution in [0, 0.1) is 0 Å². The van der Waals surface area contributed by atoms with Crippen LogP contribution < -0.4 is 21.3 Å². The number of para-hydroxylation sites is 3. The number of rotatable bonds is 7. The second-order valence-electron chi connectivity index (χ2n) is 15.4. The highest BCUT2D eigenvalue weighted by Gasteiger charge is 2.52. The molecule has 59 heavy (non-hydrogen) atoms. The van der Waals surface area contributed by atoms with E-state index in [0.717, 1.165) is 57.0 Å². The van der Waals surface area contributed by atoms with Crippen LogP contribution in [0.5, 0.6) is 0 Å². The quantitative estimate of drug-likeness (QED) is 0.141. The summed E-state index contributed by atoms with van der Waals surface area (Å²) in [6.07, 6.45) is 6.06. The molecule has 4 N–H and O–H groups in total. The van der Waals surface area contributed by atoms with Gasteiger partial charge in [-0.1, -0.05) is 164 Å². The summed E-state index contributed by atoms with van der Waals surface area (Å²) in [6, 6.07) is 67.1. The van der Waals surface area contributed by atoms with Crippen LogP contribution in [0.1, 0.15) is 34.0 Å². The zero-order chi connectivity index (χ0) is 39.3. The molecule has 0 amide bonds. The molecule has 1 aliphatic carbocycles.